The summed E-state index contributed by atoms with van der Waals surface area (Å²) in [6, 6.07) is 3.67. The van der Waals surface area contributed by atoms with Gasteiger partial charge in [-0.2, -0.15) is 0 Å². The molecule has 0 aliphatic carbocycles. The van der Waals surface area contributed by atoms with Crippen LogP contribution in [0.5, 0.6) is 5.75 Å². The van der Waals surface area contributed by atoms with Crippen LogP contribution in [0.2, 0.25) is 0 Å². The molecule has 3 N–H and O–H groups in total. The van der Waals surface area contributed by atoms with E-state index in [0.29, 0.717) is 28.1 Å². The molecule has 0 amide bonds. The van der Waals surface area contributed by atoms with Gasteiger partial charge in [-0.05, 0) is 34.5 Å². The van der Waals surface area contributed by atoms with Gasteiger partial charge in [-0.25, -0.2) is 14.4 Å². The summed E-state index contributed by atoms with van der Waals surface area (Å²) < 4.78 is 13.9. The van der Waals surface area contributed by atoms with Crippen LogP contribution in [-0.4, -0.2) is 15.1 Å². The minimum absolute atomic E-state index is 0.173. The second-order valence-corrected chi connectivity index (χ2v) is 4.54. The molecular weight excluding hydrogens is 301 g/mol. The number of anilines is 1. The molecule has 0 aliphatic heterocycles. The summed E-state index contributed by atoms with van der Waals surface area (Å²) in [6.07, 6.45) is 0.668. The number of aromatic hydroxyl groups is 1. The van der Waals surface area contributed by atoms with Gasteiger partial charge in [-0.3, -0.25) is 0 Å². The molecule has 18 heavy (non-hydrogen) atoms. The van der Waals surface area contributed by atoms with Crippen molar-refractivity contribution in [3.05, 3.63) is 34.2 Å². The summed E-state index contributed by atoms with van der Waals surface area (Å²) in [5.41, 5.74) is 6.88. The lowest BCUT2D eigenvalue weighted by molar-refractivity contribution is 0.469. The normalized spacial score (nSPS) is 10.6. The van der Waals surface area contributed by atoms with Crippen molar-refractivity contribution in [2.24, 2.45) is 0 Å². The van der Waals surface area contributed by atoms with E-state index in [4.69, 9.17) is 5.73 Å². The van der Waals surface area contributed by atoms with E-state index >= 15 is 0 Å². The molecule has 0 bridgehead atoms. The standard InChI is InChI=1S/C12H11BrFN3O/c1-2-9-10(13)11(15)17-12(16-9)6-3-7(14)5-8(18)4-6/h3-5,18H,2H2,1H3,(H2,15,16,17). The quantitative estimate of drug-likeness (QED) is 0.894. The molecule has 0 radical (unpaired) electrons. The number of aromatic nitrogens is 2. The maximum Gasteiger partial charge on any atom is 0.162 e. The lowest BCUT2D eigenvalue weighted by Gasteiger charge is -2.08. The van der Waals surface area contributed by atoms with E-state index in [1.165, 1.54) is 12.1 Å². The van der Waals surface area contributed by atoms with E-state index in [2.05, 4.69) is 25.9 Å². The van der Waals surface area contributed by atoms with Crippen LogP contribution in [0.4, 0.5) is 10.2 Å². The number of nitrogens with two attached hydrogens (primary N) is 1. The van der Waals surface area contributed by atoms with Crippen molar-refractivity contribution < 1.29 is 9.50 Å². The second-order valence-electron chi connectivity index (χ2n) is 3.74. The topological polar surface area (TPSA) is 72.0 Å². The van der Waals surface area contributed by atoms with Gasteiger partial charge in [0.25, 0.3) is 0 Å². The van der Waals surface area contributed by atoms with Crippen molar-refractivity contribution in [2.45, 2.75) is 13.3 Å². The van der Waals surface area contributed by atoms with Gasteiger partial charge in [0, 0.05) is 11.6 Å². The number of hydrogen-bond acceptors (Lipinski definition) is 4. The summed E-state index contributed by atoms with van der Waals surface area (Å²) in [6.45, 7) is 1.93. The van der Waals surface area contributed by atoms with Crippen molar-refractivity contribution in [1.29, 1.82) is 0 Å². The largest absolute Gasteiger partial charge is 0.508 e. The van der Waals surface area contributed by atoms with E-state index in [-0.39, 0.29) is 5.75 Å². The predicted octanol–water partition coefficient (Wildman–Crippen LogP) is 2.90. The first-order chi connectivity index (χ1) is 8.51. The molecule has 4 nitrogen and oxygen atoms in total. The first kappa shape index (κ1) is 12.8. The summed E-state index contributed by atoms with van der Waals surface area (Å²) in [4.78, 5) is 8.36. The third kappa shape index (κ3) is 2.43. The first-order valence-electron chi connectivity index (χ1n) is 5.33. The molecule has 1 heterocycles. The molecule has 0 saturated heterocycles. The molecular formula is C12H11BrFN3O. The number of nitrogen functional groups attached to an aromatic ring is 1. The number of phenols is 1. The van der Waals surface area contributed by atoms with E-state index in [0.717, 1.165) is 11.8 Å². The van der Waals surface area contributed by atoms with Crippen LogP contribution >= 0.6 is 15.9 Å². The van der Waals surface area contributed by atoms with Gasteiger partial charge in [0.2, 0.25) is 0 Å². The molecule has 1 aromatic carbocycles. The maximum atomic E-state index is 13.2. The zero-order chi connectivity index (χ0) is 13.3. The van der Waals surface area contributed by atoms with Gasteiger partial charge < -0.3 is 10.8 Å². The lowest BCUT2D eigenvalue weighted by Crippen LogP contribution is -2.02. The van der Waals surface area contributed by atoms with Gasteiger partial charge in [-0.15, -0.1) is 0 Å². The first-order valence-corrected chi connectivity index (χ1v) is 6.12. The molecule has 0 spiro atoms. The highest BCUT2D eigenvalue weighted by Gasteiger charge is 2.11. The summed E-state index contributed by atoms with van der Waals surface area (Å²) >= 11 is 3.30. The van der Waals surface area contributed by atoms with E-state index in [1.807, 2.05) is 6.92 Å². The zero-order valence-corrected chi connectivity index (χ0v) is 11.2. The Morgan fingerprint density at radius 2 is 2.06 bits per heavy atom. The predicted molar refractivity (Wildman–Crippen MR) is 70.6 cm³/mol. The van der Waals surface area contributed by atoms with Gasteiger partial charge in [0.05, 0.1) is 10.2 Å². The molecule has 2 aromatic rings. The van der Waals surface area contributed by atoms with Crippen molar-refractivity contribution in [2.75, 3.05) is 5.73 Å². The summed E-state index contributed by atoms with van der Waals surface area (Å²) in [5, 5.41) is 9.37. The Hall–Kier alpha value is -1.69. The number of hydrogen-bond donors (Lipinski definition) is 2. The molecule has 0 saturated carbocycles. The van der Waals surface area contributed by atoms with Crippen LogP contribution in [0.15, 0.2) is 22.7 Å². The van der Waals surface area contributed by atoms with Gasteiger partial charge >= 0.3 is 0 Å². The fourth-order valence-electron chi connectivity index (χ4n) is 1.58. The molecule has 0 aliphatic rings. The number of nitrogens with zero attached hydrogens (tertiary/aromatic N) is 2. The minimum atomic E-state index is -0.548. The average Bonchev–Trinajstić information content (AvgIpc) is 2.31. The highest BCUT2D eigenvalue weighted by atomic mass is 79.9. The van der Waals surface area contributed by atoms with Crippen LogP contribution < -0.4 is 5.73 Å². The average molecular weight is 312 g/mol. The highest BCUT2D eigenvalue weighted by molar-refractivity contribution is 9.10. The number of aryl methyl sites for hydroxylation is 1. The summed E-state index contributed by atoms with van der Waals surface area (Å²) in [5.74, 6) is -0.135. The Kier molecular flexibility index (Phi) is 3.47. The fourth-order valence-corrected chi connectivity index (χ4v) is 2.04. The lowest BCUT2D eigenvalue weighted by atomic mass is 10.2. The third-order valence-corrected chi connectivity index (χ3v) is 3.29. The van der Waals surface area contributed by atoms with Gasteiger partial charge in [-0.1, -0.05) is 6.92 Å². The Morgan fingerprint density at radius 1 is 1.33 bits per heavy atom. The van der Waals surface area contributed by atoms with Gasteiger partial charge in [0.15, 0.2) is 5.82 Å². The second kappa shape index (κ2) is 4.89. The summed E-state index contributed by atoms with van der Waals surface area (Å²) in [7, 11) is 0. The van der Waals surface area contributed by atoms with Crippen LogP contribution in [0, 0.1) is 5.82 Å². The van der Waals surface area contributed by atoms with Crippen molar-refractivity contribution in [3.8, 4) is 17.1 Å². The van der Waals surface area contributed by atoms with Crippen molar-refractivity contribution in [3.63, 3.8) is 0 Å². The monoisotopic (exact) mass is 311 g/mol. The Labute approximate surface area is 112 Å². The molecule has 2 rings (SSSR count). The highest BCUT2D eigenvalue weighted by Crippen LogP contribution is 2.27. The maximum absolute atomic E-state index is 13.2. The van der Waals surface area contributed by atoms with E-state index in [1.54, 1.807) is 0 Å². The Balaban J connectivity index is 2.60. The van der Waals surface area contributed by atoms with Crippen LogP contribution in [0.25, 0.3) is 11.4 Å². The number of rotatable bonds is 2. The van der Waals surface area contributed by atoms with Crippen LogP contribution in [-0.2, 0) is 6.42 Å². The Bertz CT molecular complexity index is 584. The van der Waals surface area contributed by atoms with E-state index < -0.39 is 5.82 Å². The molecule has 94 valence electrons. The van der Waals surface area contributed by atoms with E-state index in [9.17, 15) is 9.50 Å². The number of phenolic OH excluding ortho intramolecular Hbond substituents is 1. The zero-order valence-electron chi connectivity index (χ0n) is 9.61. The SMILES string of the molecule is CCc1nc(-c2cc(O)cc(F)c2)nc(N)c1Br. The smallest absolute Gasteiger partial charge is 0.162 e. The molecule has 0 fully saturated rings. The number of halogens is 2. The molecule has 0 atom stereocenters. The van der Waals surface area contributed by atoms with Crippen molar-refractivity contribution in [1.82, 2.24) is 9.97 Å². The van der Waals surface area contributed by atoms with Crippen LogP contribution in [0.1, 0.15) is 12.6 Å². The van der Waals surface area contributed by atoms with Crippen LogP contribution in [0.3, 0.4) is 0 Å². The Morgan fingerprint density at radius 3 is 2.67 bits per heavy atom. The minimum Gasteiger partial charge on any atom is -0.508 e. The van der Waals surface area contributed by atoms with Crippen molar-refractivity contribution >= 4 is 21.7 Å². The number of benzene rings is 1. The van der Waals surface area contributed by atoms with Gasteiger partial charge in [0.1, 0.15) is 17.4 Å². The molecule has 6 heteroatoms. The third-order valence-electron chi connectivity index (χ3n) is 2.42. The fraction of sp³-hybridized carbons (Fsp3) is 0.167. The molecule has 1 aromatic heterocycles. The molecule has 0 unspecified atom stereocenters.